The fourth-order valence-corrected chi connectivity index (χ4v) is 8.65. The molecule has 0 bridgehead atoms. The quantitative estimate of drug-likeness (QED) is 0.496. The monoisotopic (exact) mass is 456 g/mol. The Labute approximate surface area is 200 Å². The molecule has 0 aromatic heterocycles. The van der Waals surface area contributed by atoms with E-state index in [1.807, 2.05) is 13.0 Å². The lowest BCUT2D eigenvalue weighted by Crippen LogP contribution is -2.53. The van der Waals surface area contributed by atoms with Gasteiger partial charge in [-0.15, -0.1) is 0 Å². The van der Waals surface area contributed by atoms with E-state index >= 15 is 0 Å². The zero-order valence-corrected chi connectivity index (χ0v) is 21.5. The van der Waals surface area contributed by atoms with Gasteiger partial charge in [0.05, 0.1) is 5.60 Å². The van der Waals surface area contributed by atoms with Crippen LogP contribution >= 0.6 is 0 Å². The maximum atomic E-state index is 12.1. The normalized spacial score (nSPS) is 41.6. The Balaban J connectivity index is 1.64. The van der Waals surface area contributed by atoms with E-state index in [2.05, 4.69) is 33.8 Å². The number of allylic oxidation sites excluding steroid dienone is 4. The van der Waals surface area contributed by atoms with Gasteiger partial charge in [-0.2, -0.15) is 0 Å². The molecule has 0 aliphatic heterocycles. The first-order valence-electron chi connectivity index (χ1n) is 13.2. The molecule has 4 aliphatic carbocycles. The SMILES string of the molecule is CC(=O)O[C@H]1CC2C3CCC4=CC(=O)C=C[C@]4(C)C3CC[C@]2(C)[C@H]1[C@@](C)(O)CCCC(C)C. The summed E-state index contributed by atoms with van der Waals surface area (Å²) < 4.78 is 5.95. The lowest BCUT2D eigenvalue weighted by Gasteiger charge is -2.58. The second kappa shape index (κ2) is 8.66. The van der Waals surface area contributed by atoms with E-state index in [9.17, 15) is 14.7 Å². The van der Waals surface area contributed by atoms with Crippen molar-refractivity contribution in [2.24, 2.45) is 40.4 Å². The fourth-order valence-electron chi connectivity index (χ4n) is 8.65. The first kappa shape index (κ1) is 24.7. The smallest absolute Gasteiger partial charge is 0.302 e. The van der Waals surface area contributed by atoms with Crippen molar-refractivity contribution in [3.05, 3.63) is 23.8 Å². The highest BCUT2D eigenvalue weighted by Gasteiger charge is 2.65. The highest BCUT2D eigenvalue weighted by atomic mass is 16.5. The number of hydrogen-bond acceptors (Lipinski definition) is 4. The lowest BCUT2D eigenvalue weighted by atomic mass is 9.47. The summed E-state index contributed by atoms with van der Waals surface area (Å²) in [6.45, 7) is 12.6. The van der Waals surface area contributed by atoms with Crippen LogP contribution in [0.1, 0.15) is 92.9 Å². The number of esters is 1. The van der Waals surface area contributed by atoms with E-state index in [4.69, 9.17) is 4.74 Å². The van der Waals surface area contributed by atoms with Crippen molar-refractivity contribution in [2.45, 2.75) is 105 Å². The number of fused-ring (bicyclic) bond motifs is 5. The van der Waals surface area contributed by atoms with Gasteiger partial charge >= 0.3 is 5.97 Å². The van der Waals surface area contributed by atoms with Crippen molar-refractivity contribution >= 4 is 11.8 Å². The van der Waals surface area contributed by atoms with Gasteiger partial charge in [-0.25, -0.2) is 0 Å². The lowest BCUT2D eigenvalue weighted by molar-refractivity contribution is -0.160. The maximum Gasteiger partial charge on any atom is 0.302 e. The Morgan fingerprint density at radius 2 is 2.00 bits per heavy atom. The molecule has 4 rings (SSSR count). The van der Waals surface area contributed by atoms with Crippen LogP contribution < -0.4 is 0 Å². The Hall–Kier alpha value is -1.42. The summed E-state index contributed by atoms with van der Waals surface area (Å²) >= 11 is 0. The predicted molar refractivity (Wildman–Crippen MR) is 130 cm³/mol. The highest BCUT2D eigenvalue weighted by molar-refractivity contribution is 6.01. The molecule has 3 fully saturated rings. The fraction of sp³-hybridized carbons (Fsp3) is 0.793. The van der Waals surface area contributed by atoms with Gasteiger partial charge in [0, 0.05) is 18.3 Å². The van der Waals surface area contributed by atoms with Gasteiger partial charge < -0.3 is 9.84 Å². The number of aliphatic hydroxyl groups is 1. The predicted octanol–water partition coefficient (Wildman–Crippen LogP) is 6.03. The van der Waals surface area contributed by atoms with E-state index in [0.29, 0.717) is 23.7 Å². The van der Waals surface area contributed by atoms with Crippen molar-refractivity contribution < 1.29 is 19.4 Å². The van der Waals surface area contributed by atoms with Gasteiger partial charge in [-0.1, -0.05) is 52.2 Å². The number of ketones is 1. The van der Waals surface area contributed by atoms with Gasteiger partial charge in [-0.05, 0) is 86.7 Å². The Bertz CT molecular complexity index is 852. The molecule has 4 nitrogen and oxygen atoms in total. The first-order chi connectivity index (χ1) is 15.4. The van der Waals surface area contributed by atoms with Crippen LogP contribution in [0.2, 0.25) is 0 Å². The minimum atomic E-state index is -0.855. The Kier molecular flexibility index (Phi) is 6.48. The molecule has 3 saturated carbocycles. The molecule has 0 heterocycles. The maximum absolute atomic E-state index is 12.1. The van der Waals surface area contributed by atoms with Crippen molar-refractivity contribution in [2.75, 3.05) is 0 Å². The molecule has 0 spiro atoms. The van der Waals surface area contributed by atoms with Crippen molar-refractivity contribution in [1.29, 1.82) is 0 Å². The van der Waals surface area contributed by atoms with E-state index < -0.39 is 5.60 Å². The third-order valence-electron chi connectivity index (χ3n) is 10.0. The highest BCUT2D eigenvalue weighted by Crippen LogP contribution is 2.68. The molecule has 0 saturated heterocycles. The third kappa shape index (κ3) is 4.26. The van der Waals surface area contributed by atoms with Crippen LogP contribution in [-0.4, -0.2) is 28.6 Å². The molecule has 4 aliphatic rings. The summed E-state index contributed by atoms with van der Waals surface area (Å²) in [5, 5.41) is 11.8. The summed E-state index contributed by atoms with van der Waals surface area (Å²) in [6, 6.07) is 0. The van der Waals surface area contributed by atoms with Gasteiger partial charge in [0.1, 0.15) is 6.10 Å². The Morgan fingerprint density at radius 1 is 1.27 bits per heavy atom. The molecule has 0 aromatic rings. The molecular weight excluding hydrogens is 412 g/mol. The Morgan fingerprint density at radius 3 is 2.67 bits per heavy atom. The van der Waals surface area contributed by atoms with E-state index in [1.165, 1.54) is 12.5 Å². The molecule has 0 aromatic carbocycles. The molecule has 8 atom stereocenters. The van der Waals surface area contributed by atoms with Crippen LogP contribution in [0.4, 0.5) is 0 Å². The number of carbonyl (C=O) groups is 2. The van der Waals surface area contributed by atoms with Crippen molar-refractivity contribution in [3.63, 3.8) is 0 Å². The molecule has 4 heteroatoms. The van der Waals surface area contributed by atoms with Gasteiger partial charge in [-0.3, -0.25) is 9.59 Å². The summed E-state index contributed by atoms with van der Waals surface area (Å²) in [5.41, 5.74) is 0.347. The molecule has 0 amide bonds. The standard InChI is InChI=1S/C29H44O4/c1-18(2)8-7-13-29(6,32)26-25(33-19(3)30)17-24-22-10-9-20-16-21(31)11-14-27(20,4)23(22)12-15-28(24,26)5/h11,14,16,18,22-26,32H,7-10,12-13,15,17H2,1-6H3/t22?,23?,24?,25-,26-,27-,28-,29-/m0/s1. The van der Waals surface area contributed by atoms with Crippen molar-refractivity contribution in [3.8, 4) is 0 Å². The second-order valence-electron chi connectivity index (χ2n) is 12.7. The zero-order valence-electron chi connectivity index (χ0n) is 21.5. The molecule has 33 heavy (non-hydrogen) atoms. The average molecular weight is 457 g/mol. The number of hydrogen-bond donors (Lipinski definition) is 1. The molecule has 1 N–H and O–H groups in total. The summed E-state index contributed by atoms with van der Waals surface area (Å²) in [4.78, 5) is 24.1. The van der Waals surface area contributed by atoms with Crippen LogP contribution in [0.5, 0.6) is 0 Å². The van der Waals surface area contributed by atoms with Crippen LogP contribution in [0, 0.1) is 40.4 Å². The zero-order chi connectivity index (χ0) is 24.2. The number of rotatable bonds is 6. The van der Waals surface area contributed by atoms with Crippen LogP contribution in [0.15, 0.2) is 23.8 Å². The summed E-state index contributed by atoms with van der Waals surface area (Å²) in [5.74, 6) is 1.91. The van der Waals surface area contributed by atoms with Crippen LogP contribution in [0.3, 0.4) is 0 Å². The average Bonchev–Trinajstić information content (AvgIpc) is 3.00. The first-order valence-corrected chi connectivity index (χ1v) is 13.2. The molecule has 184 valence electrons. The van der Waals surface area contributed by atoms with Gasteiger partial charge in [0.15, 0.2) is 5.78 Å². The molecule has 3 unspecified atom stereocenters. The number of carbonyl (C=O) groups excluding carboxylic acids is 2. The topological polar surface area (TPSA) is 63.6 Å². The van der Waals surface area contributed by atoms with E-state index in [-0.39, 0.29) is 34.6 Å². The minimum Gasteiger partial charge on any atom is -0.462 e. The van der Waals surface area contributed by atoms with Crippen LogP contribution in [-0.2, 0) is 14.3 Å². The summed E-state index contributed by atoms with van der Waals surface area (Å²) in [6.07, 6.45) is 13.5. The summed E-state index contributed by atoms with van der Waals surface area (Å²) in [7, 11) is 0. The van der Waals surface area contributed by atoms with E-state index in [0.717, 1.165) is 51.4 Å². The van der Waals surface area contributed by atoms with Crippen LogP contribution in [0.25, 0.3) is 0 Å². The minimum absolute atomic E-state index is 0.0415. The molecular formula is C29H44O4. The third-order valence-corrected chi connectivity index (χ3v) is 10.0. The largest absolute Gasteiger partial charge is 0.462 e. The van der Waals surface area contributed by atoms with Gasteiger partial charge in [0.25, 0.3) is 0 Å². The molecule has 0 radical (unpaired) electrons. The van der Waals surface area contributed by atoms with Crippen molar-refractivity contribution in [1.82, 2.24) is 0 Å². The second-order valence-corrected chi connectivity index (χ2v) is 12.7. The van der Waals surface area contributed by atoms with E-state index in [1.54, 1.807) is 6.08 Å². The van der Waals surface area contributed by atoms with Gasteiger partial charge in [0.2, 0.25) is 0 Å². The number of ether oxygens (including phenoxy) is 1.